The Morgan fingerprint density at radius 3 is 2.24 bits per heavy atom. The van der Waals surface area contributed by atoms with Crippen molar-refractivity contribution in [3.05, 3.63) is 47.9 Å². The van der Waals surface area contributed by atoms with E-state index in [9.17, 15) is 9.59 Å². The molecule has 3 rings (SSSR count). The number of nitrogens with zero attached hydrogens (tertiary/aromatic N) is 4. The van der Waals surface area contributed by atoms with Gasteiger partial charge in [-0.15, -0.1) is 0 Å². The van der Waals surface area contributed by atoms with Crippen LogP contribution in [0.3, 0.4) is 0 Å². The molecule has 25 heavy (non-hydrogen) atoms. The molecule has 2 amide bonds. The Morgan fingerprint density at radius 2 is 1.68 bits per heavy atom. The molecule has 1 fully saturated rings. The van der Waals surface area contributed by atoms with E-state index >= 15 is 0 Å². The largest absolute Gasteiger partial charge is 0.352 e. The number of amides is 2. The van der Waals surface area contributed by atoms with Crippen LogP contribution >= 0.6 is 0 Å². The summed E-state index contributed by atoms with van der Waals surface area (Å²) in [6, 6.07) is 7.57. The Morgan fingerprint density at radius 1 is 1.00 bits per heavy atom. The summed E-state index contributed by atoms with van der Waals surface area (Å²) in [5.41, 5.74) is 2.13. The van der Waals surface area contributed by atoms with Crippen molar-refractivity contribution in [1.82, 2.24) is 14.9 Å². The molecule has 0 unspecified atom stereocenters. The van der Waals surface area contributed by atoms with Crippen LogP contribution in [0.5, 0.6) is 0 Å². The second-order valence-corrected chi connectivity index (χ2v) is 6.07. The highest BCUT2D eigenvalue weighted by Crippen LogP contribution is 2.14. The number of anilines is 2. The van der Waals surface area contributed by atoms with Crippen molar-refractivity contribution in [2.75, 3.05) is 36.4 Å². The molecule has 1 saturated heterocycles. The fraction of sp³-hybridized carbons (Fsp3) is 0.333. The van der Waals surface area contributed by atoms with Crippen LogP contribution in [0.15, 0.2) is 36.7 Å². The first-order valence-corrected chi connectivity index (χ1v) is 8.23. The van der Waals surface area contributed by atoms with E-state index in [4.69, 9.17) is 0 Å². The third-order valence-electron chi connectivity index (χ3n) is 4.23. The maximum atomic E-state index is 12.2. The standard InChI is InChI=1S/C18H21N5O2/c1-13-3-5-15(6-4-13)21-18(25)16-11-20-17(12-19-16)23-9-7-22(8-10-23)14(2)24/h3-6,11-12H,7-10H2,1-2H3,(H,21,25). The molecule has 1 aromatic heterocycles. The summed E-state index contributed by atoms with van der Waals surface area (Å²) >= 11 is 0. The summed E-state index contributed by atoms with van der Waals surface area (Å²) < 4.78 is 0. The smallest absolute Gasteiger partial charge is 0.275 e. The third kappa shape index (κ3) is 4.12. The van der Waals surface area contributed by atoms with E-state index in [0.717, 1.165) is 17.1 Å². The molecule has 1 aliphatic rings. The van der Waals surface area contributed by atoms with Gasteiger partial charge in [-0.1, -0.05) is 17.7 Å². The van der Waals surface area contributed by atoms with Gasteiger partial charge in [-0.3, -0.25) is 9.59 Å². The molecule has 0 saturated carbocycles. The number of rotatable bonds is 3. The van der Waals surface area contributed by atoms with Crippen LogP contribution in [0.2, 0.25) is 0 Å². The van der Waals surface area contributed by atoms with Gasteiger partial charge in [-0.25, -0.2) is 9.97 Å². The summed E-state index contributed by atoms with van der Waals surface area (Å²) in [6.45, 7) is 6.34. The highest BCUT2D eigenvalue weighted by Gasteiger charge is 2.20. The minimum Gasteiger partial charge on any atom is -0.352 e. The van der Waals surface area contributed by atoms with Crippen LogP contribution in [-0.4, -0.2) is 52.9 Å². The highest BCUT2D eigenvalue weighted by molar-refractivity contribution is 6.02. The number of aryl methyl sites for hydroxylation is 1. The molecule has 1 aromatic carbocycles. The number of hydrogen-bond acceptors (Lipinski definition) is 5. The van der Waals surface area contributed by atoms with E-state index in [1.807, 2.05) is 36.1 Å². The lowest BCUT2D eigenvalue weighted by Gasteiger charge is -2.34. The molecular weight excluding hydrogens is 318 g/mol. The molecule has 2 aromatic rings. The topological polar surface area (TPSA) is 78.4 Å². The van der Waals surface area contributed by atoms with Crippen molar-refractivity contribution in [2.24, 2.45) is 0 Å². The molecular formula is C18H21N5O2. The van der Waals surface area contributed by atoms with Gasteiger partial charge in [0.2, 0.25) is 5.91 Å². The van der Waals surface area contributed by atoms with Crippen molar-refractivity contribution in [2.45, 2.75) is 13.8 Å². The van der Waals surface area contributed by atoms with Crippen LogP contribution in [0.25, 0.3) is 0 Å². The normalized spacial score (nSPS) is 14.3. The maximum absolute atomic E-state index is 12.2. The lowest BCUT2D eigenvalue weighted by atomic mass is 10.2. The van der Waals surface area contributed by atoms with Crippen molar-refractivity contribution >= 4 is 23.3 Å². The lowest BCUT2D eigenvalue weighted by Crippen LogP contribution is -2.48. The van der Waals surface area contributed by atoms with Gasteiger partial charge < -0.3 is 15.1 Å². The van der Waals surface area contributed by atoms with Gasteiger partial charge in [0.05, 0.1) is 12.4 Å². The maximum Gasteiger partial charge on any atom is 0.275 e. The van der Waals surface area contributed by atoms with E-state index in [-0.39, 0.29) is 17.5 Å². The van der Waals surface area contributed by atoms with E-state index < -0.39 is 0 Å². The Balaban J connectivity index is 1.61. The van der Waals surface area contributed by atoms with Gasteiger partial charge in [-0.05, 0) is 19.1 Å². The first-order valence-electron chi connectivity index (χ1n) is 8.23. The predicted molar refractivity (Wildman–Crippen MR) is 95.6 cm³/mol. The Kier molecular flexibility index (Phi) is 4.92. The van der Waals surface area contributed by atoms with Crippen molar-refractivity contribution in [1.29, 1.82) is 0 Å². The van der Waals surface area contributed by atoms with E-state index in [1.54, 1.807) is 13.1 Å². The van der Waals surface area contributed by atoms with Gasteiger partial charge in [0.15, 0.2) is 0 Å². The SMILES string of the molecule is CC(=O)N1CCN(c2cnc(C(=O)Nc3ccc(C)cc3)cn2)CC1. The van der Waals surface area contributed by atoms with Crippen molar-refractivity contribution < 1.29 is 9.59 Å². The quantitative estimate of drug-likeness (QED) is 0.921. The van der Waals surface area contributed by atoms with Gasteiger partial charge in [0.25, 0.3) is 5.91 Å². The van der Waals surface area contributed by atoms with Gasteiger partial charge >= 0.3 is 0 Å². The van der Waals surface area contributed by atoms with Crippen molar-refractivity contribution in [3.63, 3.8) is 0 Å². The van der Waals surface area contributed by atoms with Gasteiger partial charge in [0, 0.05) is 38.8 Å². The van der Waals surface area contributed by atoms with Gasteiger partial charge in [0.1, 0.15) is 11.5 Å². The minimum absolute atomic E-state index is 0.0915. The fourth-order valence-corrected chi connectivity index (χ4v) is 2.68. The number of carbonyl (C=O) groups excluding carboxylic acids is 2. The van der Waals surface area contributed by atoms with Gasteiger partial charge in [-0.2, -0.15) is 0 Å². The van der Waals surface area contributed by atoms with E-state index in [0.29, 0.717) is 26.2 Å². The second kappa shape index (κ2) is 7.29. The summed E-state index contributed by atoms with van der Waals surface area (Å²) in [7, 11) is 0. The Bertz CT molecular complexity index is 750. The number of benzene rings is 1. The molecule has 7 nitrogen and oxygen atoms in total. The first-order chi connectivity index (χ1) is 12.0. The number of aromatic nitrogens is 2. The molecule has 130 valence electrons. The lowest BCUT2D eigenvalue weighted by molar-refractivity contribution is -0.129. The minimum atomic E-state index is -0.288. The molecule has 0 aliphatic carbocycles. The zero-order valence-electron chi connectivity index (χ0n) is 14.4. The second-order valence-electron chi connectivity index (χ2n) is 6.07. The Hall–Kier alpha value is -2.96. The number of nitrogens with one attached hydrogen (secondary N) is 1. The van der Waals surface area contributed by atoms with Crippen LogP contribution in [0.4, 0.5) is 11.5 Å². The zero-order valence-corrected chi connectivity index (χ0v) is 14.4. The van der Waals surface area contributed by atoms with Crippen LogP contribution < -0.4 is 10.2 Å². The van der Waals surface area contributed by atoms with Crippen LogP contribution in [-0.2, 0) is 4.79 Å². The van der Waals surface area contributed by atoms with E-state index in [1.165, 1.54) is 6.20 Å². The first kappa shape index (κ1) is 16.9. The molecule has 0 bridgehead atoms. The highest BCUT2D eigenvalue weighted by atomic mass is 16.2. The van der Waals surface area contributed by atoms with E-state index in [2.05, 4.69) is 20.2 Å². The summed E-state index contributed by atoms with van der Waals surface area (Å²) in [4.78, 5) is 36.0. The van der Waals surface area contributed by atoms with Crippen LogP contribution in [0.1, 0.15) is 23.0 Å². The monoisotopic (exact) mass is 339 g/mol. The number of carbonyl (C=O) groups is 2. The summed E-state index contributed by atoms with van der Waals surface area (Å²) in [5, 5.41) is 2.80. The summed E-state index contributed by atoms with van der Waals surface area (Å²) in [6.07, 6.45) is 3.09. The van der Waals surface area contributed by atoms with Crippen molar-refractivity contribution in [3.8, 4) is 0 Å². The fourth-order valence-electron chi connectivity index (χ4n) is 2.68. The molecule has 0 radical (unpaired) electrons. The number of piperazine rings is 1. The average Bonchev–Trinajstić information content (AvgIpc) is 2.64. The molecule has 1 aliphatic heterocycles. The number of hydrogen-bond donors (Lipinski definition) is 1. The predicted octanol–water partition coefficient (Wildman–Crippen LogP) is 1.71. The molecule has 7 heteroatoms. The Labute approximate surface area is 146 Å². The summed E-state index contributed by atoms with van der Waals surface area (Å²) in [5.74, 6) is 0.522. The third-order valence-corrected chi connectivity index (χ3v) is 4.23. The molecule has 2 heterocycles. The molecule has 0 spiro atoms. The zero-order chi connectivity index (χ0) is 17.8. The van der Waals surface area contributed by atoms with Crippen LogP contribution in [0, 0.1) is 6.92 Å². The average molecular weight is 339 g/mol. The molecule has 0 atom stereocenters. The molecule has 1 N–H and O–H groups in total.